The highest BCUT2D eigenvalue weighted by Crippen LogP contribution is 2.15. The van der Waals surface area contributed by atoms with Gasteiger partial charge >= 0.3 is 5.97 Å². The summed E-state index contributed by atoms with van der Waals surface area (Å²) in [5.74, 6) is -0.414. The van der Waals surface area contributed by atoms with Gasteiger partial charge in [-0.25, -0.2) is 4.79 Å². The Morgan fingerprint density at radius 2 is 1.96 bits per heavy atom. The Kier molecular flexibility index (Phi) is 8.73. The molecule has 4 heteroatoms. The van der Waals surface area contributed by atoms with E-state index in [0.717, 1.165) is 18.4 Å². The lowest BCUT2D eigenvalue weighted by molar-refractivity contribution is -0.151. The number of methoxy groups -OCH3 is 1. The zero-order chi connectivity index (χ0) is 17.1. The molecule has 0 aromatic heterocycles. The van der Waals surface area contributed by atoms with Gasteiger partial charge in [-0.15, -0.1) is 0 Å². The van der Waals surface area contributed by atoms with Crippen LogP contribution in [-0.2, 0) is 20.7 Å². The maximum absolute atomic E-state index is 12.6. The van der Waals surface area contributed by atoms with Gasteiger partial charge in [0.1, 0.15) is 6.04 Å². The van der Waals surface area contributed by atoms with Crippen LogP contribution < -0.4 is 0 Å². The van der Waals surface area contributed by atoms with E-state index < -0.39 is 6.04 Å². The number of hydrogen-bond acceptors (Lipinski definition) is 3. The highest BCUT2D eigenvalue weighted by atomic mass is 16.5. The summed E-state index contributed by atoms with van der Waals surface area (Å²) in [6.07, 6.45) is 6.95. The van der Waals surface area contributed by atoms with Crippen molar-refractivity contribution in [2.45, 2.75) is 52.0 Å². The molecule has 0 aliphatic rings. The maximum Gasteiger partial charge on any atom is 0.328 e. The molecule has 1 aromatic carbocycles. The maximum atomic E-state index is 12.6. The van der Waals surface area contributed by atoms with E-state index in [0.29, 0.717) is 19.3 Å². The van der Waals surface area contributed by atoms with Crippen LogP contribution in [0.25, 0.3) is 0 Å². The number of unbranched alkanes of at least 4 members (excludes halogenated alkanes) is 1. The van der Waals surface area contributed by atoms with Crippen LogP contribution in [0.3, 0.4) is 0 Å². The van der Waals surface area contributed by atoms with Gasteiger partial charge in [0.2, 0.25) is 5.91 Å². The molecule has 0 bridgehead atoms. The van der Waals surface area contributed by atoms with Gasteiger partial charge in [-0.3, -0.25) is 4.79 Å². The highest BCUT2D eigenvalue weighted by molar-refractivity contribution is 5.85. The predicted molar refractivity (Wildman–Crippen MR) is 91.8 cm³/mol. The van der Waals surface area contributed by atoms with Gasteiger partial charge in [-0.2, -0.15) is 0 Å². The van der Waals surface area contributed by atoms with Crippen LogP contribution in [0.15, 0.2) is 42.6 Å². The van der Waals surface area contributed by atoms with E-state index in [-0.39, 0.29) is 11.9 Å². The van der Waals surface area contributed by atoms with Crippen LogP contribution in [0.5, 0.6) is 0 Å². The van der Waals surface area contributed by atoms with Gasteiger partial charge in [-0.05, 0) is 25.3 Å². The second-order valence-corrected chi connectivity index (χ2v) is 5.45. The lowest BCUT2D eigenvalue weighted by atomic mass is 10.1. The van der Waals surface area contributed by atoms with Gasteiger partial charge in [0.05, 0.1) is 7.11 Å². The standard InChI is InChI=1S/C19H27NO3/c1-4-6-12-17(19(22)23-3)20(15-5-2)18(21)14-13-16-10-8-7-9-11-16/h5,7-11,15,17H,4,6,12-14H2,1-3H3/b15-5+. The molecule has 126 valence electrons. The number of aryl methyl sites for hydroxylation is 1. The summed E-state index contributed by atoms with van der Waals surface area (Å²) in [7, 11) is 1.36. The second-order valence-electron chi connectivity index (χ2n) is 5.45. The van der Waals surface area contributed by atoms with Crippen molar-refractivity contribution in [3.63, 3.8) is 0 Å². The molecule has 23 heavy (non-hydrogen) atoms. The third-order valence-electron chi connectivity index (χ3n) is 3.71. The second kappa shape index (κ2) is 10.6. The van der Waals surface area contributed by atoms with Gasteiger partial charge < -0.3 is 9.64 Å². The van der Waals surface area contributed by atoms with Crippen LogP contribution in [0, 0.1) is 0 Å². The lowest BCUT2D eigenvalue weighted by Crippen LogP contribution is -2.42. The SMILES string of the molecule is C/C=C/N(C(=O)CCc1ccccc1)C(CCCC)C(=O)OC. The lowest BCUT2D eigenvalue weighted by Gasteiger charge is -2.27. The minimum absolute atomic E-state index is 0.0570. The van der Waals surface area contributed by atoms with Crippen molar-refractivity contribution in [3.8, 4) is 0 Å². The zero-order valence-electron chi connectivity index (χ0n) is 14.3. The summed E-state index contributed by atoms with van der Waals surface area (Å²) in [6, 6.07) is 9.34. The van der Waals surface area contributed by atoms with Crippen molar-refractivity contribution in [3.05, 3.63) is 48.2 Å². The number of esters is 1. The zero-order valence-corrected chi connectivity index (χ0v) is 14.3. The Morgan fingerprint density at radius 1 is 1.26 bits per heavy atom. The number of benzene rings is 1. The third-order valence-corrected chi connectivity index (χ3v) is 3.71. The van der Waals surface area contributed by atoms with Crippen molar-refractivity contribution in [2.75, 3.05) is 7.11 Å². The molecular formula is C19H27NO3. The molecule has 0 saturated heterocycles. The van der Waals surface area contributed by atoms with E-state index in [1.54, 1.807) is 12.3 Å². The average Bonchev–Trinajstić information content (AvgIpc) is 2.59. The van der Waals surface area contributed by atoms with Crippen molar-refractivity contribution < 1.29 is 14.3 Å². The summed E-state index contributed by atoms with van der Waals surface area (Å²) in [5, 5.41) is 0. The van der Waals surface area contributed by atoms with Gasteiger partial charge in [-0.1, -0.05) is 56.2 Å². The fourth-order valence-electron chi connectivity index (χ4n) is 2.45. The molecule has 0 radical (unpaired) electrons. The van der Waals surface area contributed by atoms with Crippen molar-refractivity contribution >= 4 is 11.9 Å². The van der Waals surface area contributed by atoms with E-state index >= 15 is 0 Å². The molecule has 1 aromatic rings. The van der Waals surface area contributed by atoms with Gasteiger partial charge in [0, 0.05) is 12.6 Å². The topological polar surface area (TPSA) is 46.6 Å². The fraction of sp³-hybridized carbons (Fsp3) is 0.474. The van der Waals surface area contributed by atoms with Crippen molar-refractivity contribution in [2.24, 2.45) is 0 Å². The Bertz CT molecular complexity index is 511. The van der Waals surface area contributed by atoms with E-state index in [9.17, 15) is 9.59 Å². The predicted octanol–water partition coefficient (Wildman–Crippen LogP) is 3.71. The molecule has 0 N–H and O–H groups in total. The first-order valence-electron chi connectivity index (χ1n) is 8.19. The number of allylic oxidation sites excluding steroid dienone is 1. The Hall–Kier alpha value is -2.10. The fourth-order valence-corrected chi connectivity index (χ4v) is 2.45. The first-order chi connectivity index (χ1) is 11.1. The molecular weight excluding hydrogens is 290 g/mol. The van der Waals surface area contributed by atoms with Crippen molar-refractivity contribution in [1.29, 1.82) is 0 Å². The van der Waals surface area contributed by atoms with Gasteiger partial charge in [0.15, 0.2) is 0 Å². The smallest absolute Gasteiger partial charge is 0.328 e. The summed E-state index contributed by atoms with van der Waals surface area (Å²) in [4.78, 5) is 26.2. The third kappa shape index (κ3) is 6.27. The summed E-state index contributed by atoms with van der Waals surface area (Å²) < 4.78 is 4.88. The molecule has 1 amide bonds. The molecule has 0 fully saturated rings. The first kappa shape index (κ1) is 18.9. The normalized spacial score (nSPS) is 12.1. The molecule has 0 heterocycles. The first-order valence-corrected chi connectivity index (χ1v) is 8.19. The molecule has 0 aliphatic carbocycles. The van der Waals surface area contributed by atoms with Crippen LogP contribution >= 0.6 is 0 Å². The Balaban J connectivity index is 2.80. The minimum atomic E-state index is -0.542. The molecule has 1 unspecified atom stereocenters. The molecule has 0 spiro atoms. The number of nitrogens with zero attached hydrogens (tertiary/aromatic N) is 1. The Morgan fingerprint density at radius 3 is 2.52 bits per heavy atom. The van der Waals surface area contributed by atoms with Crippen LogP contribution in [0.4, 0.5) is 0 Å². The van der Waals surface area contributed by atoms with Crippen LogP contribution in [0.2, 0.25) is 0 Å². The summed E-state index contributed by atoms with van der Waals surface area (Å²) in [5.41, 5.74) is 1.12. The van der Waals surface area contributed by atoms with Crippen LogP contribution in [-0.4, -0.2) is 29.9 Å². The quantitative estimate of drug-likeness (QED) is 0.652. The molecule has 0 saturated carbocycles. The van der Waals surface area contributed by atoms with Crippen LogP contribution in [0.1, 0.15) is 45.1 Å². The van der Waals surface area contributed by atoms with Gasteiger partial charge in [0.25, 0.3) is 0 Å². The summed E-state index contributed by atoms with van der Waals surface area (Å²) in [6.45, 7) is 3.90. The van der Waals surface area contributed by atoms with E-state index in [1.807, 2.05) is 37.3 Å². The molecule has 1 atom stereocenters. The van der Waals surface area contributed by atoms with E-state index in [1.165, 1.54) is 12.0 Å². The van der Waals surface area contributed by atoms with Crippen molar-refractivity contribution in [1.82, 2.24) is 4.90 Å². The molecule has 4 nitrogen and oxygen atoms in total. The monoisotopic (exact) mass is 317 g/mol. The highest BCUT2D eigenvalue weighted by Gasteiger charge is 2.28. The number of carbonyl (C=O) groups is 2. The largest absolute Gasteiger partial charge is 0.467 e. The average molecular weight is 317 g/mol. The number of ether oxygens (including phenoxy) is 1. The summed E-state index contributed by atoms with van der Waals surface area (Å²) >= 11 is 0. The van der Waals surface area contributed by atoms with E-state index in [4.69, 9.17) is 4.74 Å². The number of rotatable bonds is 9. The van der Waals surface area contributed by atoms with E-state index in [2.05, 4.69) is 6.92 Å². The number of hydrogen-bond donors (Lipinski definition) is 0. The Labute approximate surface area is 139 Å². The molecule has 1 rings (SSSR count). The molecule has 0 aliphatic heterocycles. The number of carbonyl (C=O) groups excluding carboxylic acids is 2. The number of amides is 1. The minimum Gasteiger partial charge on any atom is -0.467 e.